The molecule has 0 radical (unpaired) electrons. The fourth-order valence-corrected chi connectivity index (χ4v) is 1.64. The van der Waals surface area contributed by atoms with Crippen LogP contribution < -0.4 is 39.4 Å². The van der Waals surface area contributed by atoms with Gasteiger partial charge >= 0.3 is 29.6 Å². The number of aromatic nitrogens is 2. The van der Waals surface area contributed by atoms with Crippen LogP contribution in [-0.4, -0.2) is 22.6 Å². The van der Waals surface area contributed by atoms with E-state index in [0.29, 0.717) is 11.6 Å². The number of hydrogen-bond acceptors (Lipinski definition) is 4. The molecule has 6 heteroatoms. The second-order valence-electron chi connectivity index (χ2n) is 3.49. The first-order valence-corrected chi connectivity index (χ1v) is 4.81. The molecule has 0 N–H and O–H groups in total. The maximum Gasteiger partial charge on any atom is 1.00 e. The zero-order valence-electron chi connectivity index (χ0n) is 10.1. The molecule has 0 bridgehead atoms. The molecule has 0 amide bonds. The molecule has 5 nitrogen and oxygen atoms in total. The fourth-order valence-electron chi connectivity index (χ4n) is 1.64. The largest absolute Gasteiger partial charge is 1.00 e. The predicted octanol–water partition coefficient (Wildman–Crippen LogP) is -3.12. The summed E-state index contributed by atoms with van der Waals surface area (Å²) < 4.78 is 6.82. The van der Waals surface area contributed by atoms with E-state index in [1.54, 1.807) is 24.8 Å². The molecule has 0 aliphatic carbocycles. The Kier molecular flexibility index (Phi) is 4.56. The number of carboxylic acid groups (broad SMARTS) is 1. The Labute approximate surface area is 121 Å². The number of carbonyl (C=O) groups is 1. The van der Waals surface area contributed by atoms with Crippen LogP contribution in [0.15, 0.2) is 18.2 Å². The number of methoxy groups -OCH3 is 1. The van der Waals surface area contributed by atoms with Gasteiger partial charge in [-0.1, -0.05) is 0 Å². The smallest absolute Gasteiger partial charge is 0.550 e. The maximum absolute atomic E-state index is 10.5. The van der Waals surface area contributed by atoms with Gasteiger partial charge in [0.1, 0.15) is 11.6 Å². The van der Waals surface area contributed by atoms with E-state index < -0.39 is 5.97 Å². The van der Waals surface area contributed by atoms with Crippen LogP contribution in [-0.2, 0) is 18.3 Å². The van der Waals surface area contributed by atoms with Crippen molar-refractivity contribution in [3.05, 3.63) is 24.0 Å². The van der Waals surface area contributed by atoms with Crippen molar-refractivity contribution in [1.29, 1.82) is 0 Å². The molecular weight excluding hydrogens is 231 g/mol. The van der Waals surface area contributed by atoms with Crippen LogP contribution in [0.2, 0.25) is 0 Å². The number of imidazole rings is 1. The summed E-state index contributed by atoms with van der Waals surface area (Å²) in [6.07, 6.45) is -0.187. The average molecular weight is 242 g/mol. The Bertz CT molecular complexity index is 551. The third kappa shape index (κ3) is 2.80. The number of fused-ring (bicyclic) bond motifs is 1. The van der Waals surface area contributed by atoms with Gasteiger partial charge in [0, 0.05) is 25.5 Å². The van der Waals surface area contributed by atoms with Crippen molar-refractivity contribution >= 4 is 17.0 Å². The van der Waals surface area contributed by atoms with Crippen LogP contribution in [0.25, 0.3) is 11.0 Å². The Morgan fingerprint density at radius 2 is 2.24 bits per heavy atom. The molecule has 0 spiro atoms. The van der Waals surface area contributed by atoms with Gasteiger partial charge in [-0.2, -0.15) is 0 Å². The molecule has 0 saturated carbocycles. The molecule has 0 unspecified atom stereocenters. The van der Waals surface area contributed by atoms with E-state index in [1.165, 1.54) is 0 Å². The topological polar surface area (TPSA) is 67.2 Å². The van der Waals surface area contributed by atoms with Crippen LogP contribution in [0.1, 0.15) is 5.82 Å². The standard InChI is InChI=1S/C11H12N2O3.Na/c1-13-9-4-3-7(16-2)5-8(9)12-10(13)6-11(14)15;/h3-5H,6H2,1-2H3,(H,14,15);/q;+1/p-1. The van der Waals surface area contributed by atoms with Gasteiger partial charge in [-0.05, 0) is 12.1 Å². The predicted molar refractivity (Wildman–Crippen MR) is 56.0 cm³/mol. The Hall–Kier alpha value is -1.04. The minimum atomic E-state index is -1.13. The number of nitrogens with zero attached hydrogens (tertiary/aromatic N) is 2. The van der Waals surface area contributed by atoms with Crippen molar-refractivity contribution in [1.82, 2.24) is 9.55 Å². The minimum absolute atomic E-state index is 0. The van der Waals surface area contributed by atoms with Crippen LogP contribution >= 0.6 is 0 Å². The van der Waals surface area contributed by atoms with Crippen molar-refractivity contribution in [2.24, 2.45) is 7.05 Å². The van der Waals surface area contributed by atoms with Gasteiger partial charge < -0.3 is 19.2 Å². The first kappa shape index (κ1) is 14.0. The summed E-state index contributed by atoms with van der Waals surface area (Å²) in [5.74, 6) is 0.0409. The van der Waals surface area contributed by atoms with Gasteiger partial charge in [0.25, 0.3) is 0 Å². The van der Waals surface area contributed by atoms with Crippen molar-refractivity contribution in [2.45, 2.75) is 6.42 Å². The van der Waals surface area contributed by atoms with Crippen molar-refractivity contribution in [2.75, 3.05) is 7.11 Å². The number of hydrogen-bond donors (Lipinski definition) is 0. The van der Waals surface area contributed by atoms with Crippen LogP contribution in [0.4, 0.5) is 0 Å². The molecule has 0 aliphatic rings. The molecule has 1 heterocycles. The van der Waals surface area contributed by atoms with E-state index >= 15 is 0 Å². The van der Waals surface area contributed by atoms with E-state index in [-0.39, 0.29) is 36.0 Å². The first-order chi connectivity index (χ1) is 7.61. The molecule has 1 aromatic carbocycles. The van der Waals surface area contributed by atoms with Crippen molar-refractivity contribution in [3.63, 3.8) is 0 Å². The number of benzene rings is 1. The quantitative estimate of drug-likeness (QED) is 0.534. The zero-order chi connectivity index (χ0) is 11.7. The average Bonchev–Trinajstić information content (AvgIpc) is 2.54. The molecule has 2 rings (SSSR count). The third-order valence-electron chi connectivity index (χ3n) is 2.48. The molecular formula is C11H11N2NaO3. The number of ether oxygens (including phenoxy) is 1. The van der Waals surface area contributed by atoms with Gasteiger partial charge in [0.2, 0.25) is 0 Å². The molecule has 2 aromatic rings. The second kappa shape index (κ2) is 5.53. The van der Waals surface area contributed by atoms with Crippen molar-refractivity contribution in [3.8, 4) is 5.75 Å². The van der Waals surface area contributed by atoms with E-state index in [4.69, 9.17) is 4.74 Å². The number of rotatable bonds is 3. The summed E-state index contributed by atoms with van der Waals surface area (Å²) in [5, 5.41) is 10.5. The molecule has 0 saturated heterocycles. The van der Waals surface area contributed by atoms with Crippen LogP contribution in [0, 0.1) is 0 Å². The molecule has 0 fully saturated rings. The molecule has 0 aliphatic heterocycles. The molecule has 17 heavy (non-hydrogen) atoms. The normalized spacial score (nSPS) is 10.0. The molecule has 84 valence electrons. The zero-order valence-corrected chi connectivity index (χ0v) is 12.1. The van der Waals surface area contributed by atoms with E-state index in [2.05, 4.69) is 4.98 Å². The van der Waals surface area contributed by atoms with Crippen molar-refractivity contribution < 1.29 is 44.2 Å². The first-order valence-electron chi connectivity index (χ1n) is 4.81. The SMILES string of the molecule is COc1ccc2c(c1)nc(CC(=O)[O-])n2C.[Na+]. The van der Waals surface area contributed by atoms with Crippen LogP contribution in [0.5, 0.6) is 5.75 Å². The van der Waals surface area contributed by atoms with E-state index in [1.807, 2.05) is 12.1 Å². The van der Waals surface area contributed by atoms with Gasteiger partial charge in [0.05, 0.1) is 18.1 Å². The summed E-state index contributed by atoms with van der Waals surface area (Å²) in [6, 6.07) is 5.43. The summed E-state index contributed by atoms with van der Waals surface area (Å²) >= 11 is 0. The summed E-state index contributed by atoms with van der Waals surface area (Å²) in [6.45, 7) is 0. The number of carboxylic acids is 1. The van der Waals surface area contributed by atoms with Gasteiger partial charge in [-0.15, -0.1) is 0 Å². The Balaban J connectivity index is 0.00000144. The van der Waals surface area contributed by atoms with Gasteiger partial charge in [0.15, 0.2) is 0 Å². The molecule has 0 atom stereocenters. The maximum atomic E-state index is 10.5. The monoisotopic (exact) mass is 242 g/mol. The fraction of sp³-hybridized carbons (Fsp3) is 0.273. The van der Waals surface area contributed by atoms with Crippen LogP contribution in [0.3, 0.4) is 0 Å². The summed E-state index contributed by atoms with van der Waals surface area (Å²) in [7, 11) is 3.35. The second-order valence-corrected chi connectivity index (χ2v) is 3.49. The van der Waals surface area contributed by atoms with Gasteiger partial charge in [-0.25, -0.2) is 4.98 Å². The van der Waals surface area contributed by atoms with E-state index in [0.717, 1.165) is 11.0 Å². The Morgan fingerprint density at radius 1 is 1.53 bits per heavy atom. The number of aryl methyl sites for hydroxylation is 1. The third-order valence-corrected chi connectivity index (χ3v) is 2.48. The van der Waals surface area contributed by atoms with Gasteiger partial charge in [-0.3, -0.25) is 0 Å². The summed E-state index contributed by atoms with van der Waals surface area (Å²) in [5.41, 5.74) is 1.59. The minimum Gasteiger partial charge on any atom is -0.550 e. The molecule has 1 aromatic heterocycles. The number of aliphatic carboxylic acids is 1. The van der Waals surface area contributed by atoms with E-state index in [9.17, 15) is 9.90 Å². The summed E-state index contributed by atoms with van der Waals surface area (Å²) in [4.78, 5) is 14.8. The number of carbonyl (C=O) groups excluding carboxylic acids is 1. The Morgan fingerprint density at radius 3 is 2.82 bits per heavy atom.